The lowest BCUT2D eigenvalue weighted by Crippen LogP contribution is -2.56. The molecule has 0 aromatic heterocycles. The second-order valence-electron chi connectivity index (χ2n) is 9.30. The number of Topliss-reactive ketones (excluding diaryl/α,β-unsaturated/α-hetero) is 1. The van der Waals surface area contributed by atoms with Crippen LogP contribution in [0, 0.1) is 0 Å². The monoisotopic (exact) mass is 444 g/mol. The Balaban J connectivity index is 1.79. The predicted molar refractivity (Wildman–Crippen MR) is 122 cm³/mol. The number of hydrogen-bond donors (Lipinski definition) is 1. The van der Waals surface area contributed by atoms with E-state index in [2.05, 4.69) is 43.3 Å². The minimum Gasteiger partial charge on any atom is -0.383 e. The SMILES string of the molecule is COCCN1C(=O)N(CC(=O)CCC(N)=O)CC12CCC(c1ccccc1)(N(C)C)CC2. The van der Waals surface area contributed by atoms with Crippen molar-refractivity contribution in [1.82, 2.24) is 14.7 Å². The van der Waals surface area contributed by atoms with Crippen LogP contribution in [0.5, 0.6) is 0 Å². The number of nitrogens with two attached hydrogens (primary N) is 1. The maximum Gasteiger partial charge on any atom is 0.321 e. The summed E-state index contributed by atoms with van der Waals surface area (Å²) < 4.78 is 5.28. The molecule has 1 saturated carbocycles. The van der Waals surface area contributed by atoms with Crippen LogP contribution in [0.1, 0.15) is 44.1 Å². The highest BCUT2D eigenvalue weighted by Gasteiger charge is 2.54. The molecule has 1 aliphatic heterocycles. The van der Waals surface area contributed by atoms with Gasteiger partial charge in [-0.1, -0.05) is 30.3 Å². The highest BCUT2D eigenvalue weighted by molar-refractivity contribution is 5.89. The molecule has 8 heteroatoms. The minimum absolute atomic E-state index is 0.0157. The summed E-state index contributed by atoms with van der Waals surface area (Å²) in [7, 11) is 5.88. The molecule has 2 fully saturated rings. The highest BCUT2D eigenvalue weighted by atomic mass is 16.5. The summed E-state index contributed by atoms with van der Waals surface area (Å²) >= 11 is 0. The van der Waals surface area contributed by atoms with Gasteiger partial charge in [0.25, 0.3) is 0 Å². The topological polar surface area (TPSA) is 96.2 Å². The molecule has 0 radical (unpaired) electrons. The summed E-state index contributed by atoms with van der Waals surface area (Å²) in [5, 5.41) is 0. The van der Waals surface area contributed by atoms with Gasteiger partial charge in [0.1, 0.15) is 0 Å². The predicted octanol–water partition coefficient (Wildman–Crippen LogP) is 1.97. The number of methoxy groups -OCH3 is 1. The maximum absolute atomic E-state index is 13.3. The summed E-state index contributed by atoms with van der Waals surface area (Å²) in [4.78, 5) is 42.5. The van der Waals surface area contributed by atoms with Gasteiger partial charge in [-0.15, -0.1) is 0 Å². The summed E-state index contributed by atoms with van der Waals surface area (Å²) in [5.41, 5.74) is 6.07. The lowest BCUT2D eigenvalue weighted by atomic mass is 9.68. The average molecular weight is 445 g/mol. The molecule has 1 aliphatic carbocycles. The second-order valence-corrected chi connectivity index (χ2v) is 9.30. The molecule has 0 atom stereocenters. The first-order chi connectivity index (χ1) is 15.2. The van der Waals surface area contributed by atoms with Crippen LogP contribution < -0.4 is 5.73 Å². The van der Waals surface area contributed by atoms with Crippen molar-refractivity contribution in [3.05, 3.63) is 35.9 Å². The third kappa shape index (κ3) is 4.81. The fourth-order valence-corrected chi connectivity index (χ4v) is 5.37. The number of nitrogens with zero attached hydrogens (tertiary/aromatic N) is 3. The van der Waals surface area contributed by atoms with Gasteiger partial charge in [-0.2, -0.15) is 0 Å². The maximum atomic E-state index is 13.3. The van der Waals surface area contributed by atoms with Gasteiger partial charge in [0.15, 0.2) is 5.78 Å². The summed E-state index contributed by atoms with van der Waals surface area (Å²) in [6, 6.07) is 10.4. The van der Waals surface area contributed by atoms with Crippen LogP contribution in [0.3, 0.4) is 0 Å². The lowest BCUT2D eigenvalue weighted by molar-refractivity contribution is -0.124. The molecule has 2 N–H and O–H groups in total. The fraction of sp³-hybridized carbons (Fsp3) is 0.625. The van der Waals surface area contributed by atoms with Gasteiger partial charge >= 0.3 is 6.03 Å². The zero-order valence-corrected chi connectivity index (χ0v) is 19.5. The molecule has 1 heterocycles. The van der Waals surface area contributed by atoms with Gasteiger partial charge in [-0.25, -0.2) is 4.79 Å². The first kappa shape index (κ1) is 24.2. The number of amides is 3. The largest absolute Gasteiger partial charge is 0.383 e. The average Bonchev–Trinajstić information content (AvgIpc) is 3.02. The summed E-state index contributed by atoms with van der Waals surface area (Å²) in [6.07, 6.45) is 3.63. The van der Waals surface area contributed by atoms with E-state index in [-0.39, 0.29) is 42.3 Å². The zero-order valence-electron chi connectivity index (χ0n) is 19.5. The van der Waals surface area contributed by atoms with E-state index >= 15 is 0 Å². The number of ether oxygens (including phenoxy) is 1. The number of carbonyl (C=O) groups is 3. The van der Waals surface area contributed by atoms with Crippen LogP contribution in [0.25, 0.3) is 0 Å². The van der Waals surface area contributed by atoms with Crippen LogP contribution in [0.4, 0.5) is 4.79 Å². The first-order valence-electron chi connectivity index (χ1n) is 11.3. The quantitative estimate of drug-likeness (QED) is 0.595. The van der Waals surface area contributed by atoms with E-state index in [9.17, 15) is 14.4 Å². The Bertz CT molecular complexity index is 819. The van der Waals surface area contributed by atoms with E-state index in [0.29, 0.717) is 19.7 Å². The molecule has 1 saturated heterocycles. The van der Waals surface area contributed by atoms with E-state index in [1.165, 1.54) is 5.56 Å². The van der Waals surface area contributed by atoms with Gasteiger partial charge in [-0.05, 0) is 45.3 Å². The number of ketones is 1. The Hall–Kier alpha value is -2.45. The molecule has 2 aliphatic rings. The number of benzene rings is 1. The van der Waals surface area contributed by atoms with Gasteiger partial charge in [0.05, 0.1) is 18.7 Å². The lowest BCUT2D eigenvalue weighted by Gasteiger charge is -2.51. The van der Waals surface area contributed by atoms with Crippen LogP contribution >= 0.6 is 0 Å². The number of rotatable bonds is 10. The third-order valence-corrected chi connectivity index (χ3v) is 7.27. The van der Waals surface area contributed by atoms with Crippen molar-refractivity contribution < 1.29 is 19.1 Å². The number of hydrogen-bond acceptors (Lipinski definition) is 5. The smallest absolute Gasteiger partial charge is 0.321 e. The van der Waals surface area contributed by atoms with Crippen LogP contribution in [-0.2, 0) is 19.9 Å². The first-order valence-corrected chi connectivity index (χ1v) is 11.3. The standard InChI is InChI=1S/C24H36N4O4/c1-26(2)24(19-7-5-4-6-8-19)13-11-23(12-14-24)18-27(17-20(29)9-10-21(25)30)22(31)28(23)15-16-32-3/h4-8H,9-18H2,1-3H3,(H2,25,30). The Labute approximate surface area is 190 Å². The Morgan fingerprint density at radius 2 is 1.75 bits per heavy atom. The number of primary amides is 1. The third-order valence-electron chi connectivity index (χ3n) is 7.27. The van der Waals surface area contributed by atoms with Crippen LogP contribution in [0.15, 0.2) is 30.3 Å². The molecule has 1 aromatic rings. The Morgan fingerprint density at radius 3 is 2.31 bits per heavy atom. The van der Waals surface area contributed by atoms with Crippen molar-refractivity contribution in [2.75, 3.05) is 47.4 Å². The molecule has 3 rings (SSSR count). The molecule has 1 aromatic carbocycles. The molecular formula is C24H36N4O4. The van der Waals surface area contributed by atoms with Crippen molar-refractivity contribution in [3.63, 3.8) is 0 Å². The molecule has 176 valence electrons. The van der Waals surface area contributed by atoms with E-state index in [1.54, 1.807) is 12.0 Å². The number of urea groups is 1. The molecule has 8 nitrogen and oxygen atoms in total. The number of carbonyl (C=O) groups excluding carboxylic acids is 3. The van der Waals surface area contributed by atoms with E-state index in [1.807, 2.05) is 11.0 Å². The summed E-state index contributed by atoms with van der Waals surface area (Å²) in [5.74, 6) is -0.638. The second kappa shape index (κ2) is 10.0. The van der Waals surface area contributed by atoms with E-state index < -0.39 is 5.91 Å². The van der Waals surface area contributed by atoms with Crippen molar-refractivity contribution in [3.8, 4) is 0 Å². The van der Waals surface area contributed by atoms with Crippen LogP contribution in [-0.4, -0.2) is 85.4 Å². The molecule has 0 unspecified atom stereocenters. The molecule has 3 amide bonds. The molecule has 0 bridgehead atoms. The molecule has 1 spiro atoms. The van der Waals surface area contributed by atoms with E-state index in [4.69, 9.17) is 10.5 Å². The van der Waals surface area contributed by atoms with Crippen molar-refractivity contribution in [1.29, 1.82) is 0 Å². The van der Waals surface area contributed by atoms with Gasteiger partial charge in [0, 0.05) is 38.6 Å². The van der Waals surface area contributed by atoms with Gasteiger partial charge in [-0.3, -0.25) is 14.5 Å². The zero-order chi connectivity index (χ0) is 23.4. The van der Waals surface area contributed by atoms with Crippen molar-refractivity contribution in [2.45, 2.75) is 49.6 Å². The Morgan fingerprint density at radius 1 is 1.09 bits per heavy atom. The molecule has 32 heavy (non-hydrogen) atoms. The van der Waals surface area contributed by atoms with Gasteiger partial charge < -0.3 is 20.3 Å². The van der Waals surface area contributed by atoms with Crippen molar-refractivity contribution >= 4 is 17.7 Å². The minimum atomic E-state index is -0.502. The van der Waals surface area contributed by atoms with Crippen LogP contribution in [0.2, 0.25) is 0 Å². The Kier molecular flexibility index (Phi) is 7.56. The summed E-state index contributed by atoms with van der Waals surface area (Å²) in [6.45, 7) is 1.50. The normalized spacial score (nSPS) is 25.7. The fourth-order valence-electron chi connectivity index (χ4n) is 5.37. The highest BCUT2D eigenvalue weighted by Crippen LogP contribution is 2.48. The van der Waals surface area contributed by atoms with E-state index in [0.717, 1.165) is 25.7 Å². The van der Waals surface area contributed by atoms with Gasteiger partial charge in [0.2, 0.25) is 5.91 Å². The van der Waals surface area contributed by atoms with Crippen molar-refractivity contribution in [2.24, 2.45) is 5.73 Å². The molecular weight excluding hydrogens is 408 g/mol.